The number of nitrogens with zero attached hydrogens (tertiary/aromatic N) is 3. The fraction of sp³-hybridized carbons (Fsp3) is 0.552. The fourth-order valence-electron chi connectivity index (χ4n) is 5.95. The normalized spacial score (nSPS) is 21.7. The van der Waals surface area contributed by atoms with Crippen molar-refractivity contribution in [3.63, 3.8) is 0 Å². The lowest BCUT2D eigenvalue weighted by molar-refractivity contribution is -0.117. The smallest absolute Gasteiger partial charge is 0.407 e. The minimum atomic E-state index is -0.852. The van der Waals surface area contributed by atoms with Crippen LogP contribution in [0.25, 0.3) is 0 Å². The maximum atomic E-state index is 13.0. The van der Waals surface area contributed by atoms with E-state index in [1.807, 2.05) is 64.3 Å². The van der Waals surface area contributed by atoms with Crippen LogP contribution in [0, 0.1) is 0 Å². The Hall–Kier alpha value is -3.13. The highest BCUT2D eigenvalue weighted by molar-refractivity contribution is 5.95. The van der Waals surface area contributed by atoms with Crippen molar-refractivity contribution in [3.05, 3.63) is 53.9 Å². The van der Waals surface area contributed by atoms with Crippen molar-refractivity contribution >= 4 is 23.4 Å². The third kappa shape index (κ3) is 6.60. The minimum absolute atomic E-state index is 0.0282. The van der Waals surface area contributed by atoms with Crippen LogP contribution in [-0.4, -0.2) is 63.1 Å². The van der Waals surface area contributed by atoms with Gasteiger partial charge in [0.05, 0.1) is 29.7 Å². The number of carboxylic acid groups (broad SMARTS) is 1. The Morgan fingerprint density at radius 3 is 2.41 bits per heavy atom. The van der Waals surface area contributed by atoms with Gasteiger partial charge in [-0.3, -0.25) is 14.7 Å². The van der Waals surface area contributed by atoms with E-state index >= 15 is 0 Å². The number of carbonyl (C=O) groups is 2. The van der Waals surface area contributed by atoms with Crippen LogP contribution in [0.2, 0.25) is 0 Å². The molecule has 0 bridgehead atoms. The van der Waals surface area contributed by atoms with E-state index in [1.165, 1.54) is 5.56 Å². The number of para-hydroxylation sites is 2. The fourth-order valence-corrected chi connectivity index (χ4v) is 5.95. The van der Waals surface area contributed by atoms with Gasteiger partial charge in [-0.05, 0) is 96.5 Å². The number of anilines is 2. The molecular weight excluding hydrogens is 466 g/mol. The summed E-state index contributed by atoms with van der Waals surface area (Å²) >= 11 is 0. The van der Waals surface area contributed by atoms with Crippen molar-refractivity contribution in [1.29, 1.82) is 0 Å². The molecule has 2 amide bonds. The highest BCUT2D eigenvalue weighted by atomic mass is 16.4. The first-order valence-electron chi connectivity index (χ1n) is 13.4. The molecule has 200 valence electrons. The van der Waals surface area contributed by atoms with E-state index in [4.69, 9.17) is 0 Å². The van der Waals surface area contributed by atoms with Gasteiger partial charge in [0, 0.05) is 23.8 Å². The summed E-state index contributed by atoms with van der Waals surface area (Å²) in [7, 11) is 1.99. The van der Waals surface area contributed by atoms with E-state index in [0.29, 0.717) is 0 Å². The number of rotatable bonds is 7. The predicted molar refractivity (Wildman–Crippen MR) is 147 cm³/mol. The molecule has 2 aliphatic carbocycles. The zero-order valence-corrected chi connectivity index (χ0v) is 22.5. The summed E-state index contributed by atoms with van der Waals surface area (Å²) in [5.74, 6) is -0.0502. The van der Waals surface area contributed by atoms with E-state index in [9.17, 15) is 14.7 Å². The van der Waals surface area contributed by atoms with Crippen LogP contribution in [0.15, 0.2) is 42.6 Å². The lowest BCUT2D eigenvalue weighted by Crippen LogP contribution is -2.52. The zero-order chi connectivity index (χ0) is 26.6. The summed E-state index contributed by atoms with van der Waals surface area (Å²) in [5.41, 5.74) is 3.62. The Kier molecular flexibility index (Phi) is 8.37. The van der Waals surface area contributed by atoms with Gasteiger partial charge in [-0.25, -0.2) is 4.79 Å². The number of amides is 2. The number of hydrogen-bond acceptors (Lipinski definition) is 5. The molecule has 37 heavy (non-hydrogen) atoms. The van der Waals surface area contributed by atoms with Crippen LogP contribution in [-0.2, 0) is 11.2 Å². The second-order valence-electron chi connectivity index (χ2n) is 11.4. The number of fused-ring (bicyclic) bond motifs is 1. The highest BCUT2D eigenvalue weighted by Crippen LogP contribution is 2.33. The molecule has 2 aromatic rings. The zero-order valence-electron chi connectivity index (χ0n) is 22.5. The van der Waals surface area contributed by atoms with Crippen LogP contribution in [0.5, 0.6) is 0 Å². The monoisotopic (exact) mass is 507 g/mol. The van der Waals surface area contributed by atoms with Gasteiger partial charge in [0.15, 0.2) is 0 Å². The third-order valence-electron chi connectivity index (χ3n) is 7.64. The molecule has 3 N–H and O–H groups in total. The first-order chi connectivity index (χ1) is 17.6. The molecule has 0 aliphatic heterocycles. The van der Waals surface area contributed by atoms with Crippen LogP contribution in [0.1, 0.15) is 76.6 Å². The SMILES string of the molecule is CN(CC(=O)Nc1ccccc1NC1CCC(N(C(=O)O)C(C)(C)C)CC1)C1CCCc2cccnc21. The number of nitrogens with one attached hydrogen (secondary N) is 2. The topological polar surface area (TPSA) is 97.8 Å². The standard InChI is InChI=1S/C29H41N5O3/c1-29(2,3)34(28(36)37)22-16-14-21(15-17-22)31-23-11-5-6-12-24(23)32-26(35)19-33(4)25-13-7-9-20-10-8-18-30-27(20)25/h5-6,8,10-12,18,21-22,25,31H,7,9,13-17,19H2,1-4H3,(H,32,35)(H,36,37). The van der Waals surface area contributed by atoms with E-state index < -0.39 is 11.6 Å². The number of pyridine rings is 1. The molecular formula is C29H41N5O3. The molecule has 0 saturated heterocycles. The van der Waals surface area contributed by atoms with Gasteiger partial charge in [-0.1, -0.05) is 18.2 Å². The molecule has 4 rings (SSSR count). The Labute approximate surface area is 220 Å². The van der Waals surface area contributed by atoms with Gasteiger partial charge in [0.1, 0.15) is 0 Å². The first-order valence-corrected chi connectivity index (χ1v) is 13.4. The average Bonchev–Trinajstić information content (AvgIpc) is 2.85. The van der Waals surface area contributed by atoms with Gasteiger partial charge < -0.3 is 20.6 Å². The van der Waals surface area contributed by atoms with Crippen LogP contribution in [0.3, 0.4) is 0 Å². The summed E-state index contributed by atoms with van der Waals surface area (Å²) in [6.07, 6.45) is 7.53. The Bertz CT molecular complexity index is 1090. The van der Waals surface area contributed by atoms with E-state index in [-0.39, 0.29) is 30.6 Å². The predicted octanol–water partition coefficient (Wildman–Crippen LogP) is 5.53. The quantitative estimate of drug-likeness (QED) is 0.456. The molecule has 1 atom stereocenters. The molecule has 1 fully saturated rings. The molecule has 1 aromatic carbocycles. The number of benzene rings is 1. The van der Waals surface area contributed by atoms with Crippen molar-refractivity contribution in [3.8, 4) is 0 Å². The molecule has 1 unspecified atom stereocenters. The van der Waals surface area contributed by atoms with Crippen molar-refractivity contribution in [2.24, 2.45) is 0 Å². The third-order valence-corrected chi connectivity index (χ3v) is 7.64. The molecule has 0 radical (unpaired) electrons. The lowest BCUT2D eigenvalue weighted by Gasteiger charge is -2.43. The van der Waals surface area contributed by atoms with E-state index in [2.05, 4.69) is 26.6 Å². The molecule has 1 heterocycles. The molecule has 0 spiro atoms. The van der Waals surface area contributed by atoms with Crippen molar-refractivity contribution in [2.45, 2.75) is 89.4 Å². The summed E-state index contributed by atoms with van der Waals surface area (Å²) < 4.78 is 0. The van der Waals surface area contributed by atoms with Gasteiger partial charge >= 0.3 is 6.09 Å². The number of aromatic nitrogens is 1. The first kappa shape index (κ1) is 26.9. The molecule has 8 heteroatoms. The number of carbonyl (C=O) groups excluding carboxylic acids is 1. The maximum Gasteiger partial charge on any atom is 0.407 e. The summed E-state index contributed by atoms with van der Waals surface area (Å²) in [5, 5.41) is 16.5. The van der Waals surface area contributed by atoms with E-state index in [0.717, 1.165) is 62.0 Å². The average molecular weight is 508 g/mol. The minimum Gasteiger partial charge on any atom is -0.465 e. The number of hydrogen-bond donors (Lipinski definition) is 3. The lowest BCUT2D eigenvalue weighted by atomic mass is 9.88. The van der Waals surface area contributed by atoms with E-state index in [1.54, 1.807) is 4.90 Å². The Balaban J connectivity index is 1.34. The van der Waals surface area contributed by atoms with Crippen LogP contribution in [0.4, 0.5) is 16.2 Å². The second kappa shape index (κ2) is 11.5. The largest absolute Gasteiger partial charge is 0.465 e. The second-order valence-corrected chi connectivity index (χ2v) is 11.4. The number of likely N-dealkylation sites (N-methyl/N-ethyl adjacent to an activating group) is 1. The summed E-state index contributed by atoms with van der Waals surface area (Å²) in [6, 6.07) is 12.3. The van der Waals surface area contributed by atoms with Crippen molar-refractivity contribution in [2.75, 3.05) is 24.2 Å². The Morgan fingerprint density at radius 1 is 1.03 bits per heavy atom. The number of aryl methyl sites for hydroxylation is 1. The highest BCUT2D eigenvalue weighted by Gasteiger charge is 2.35. The van der Waals surface area contributed by atoms with Crippen molar-refractivity contribution in [1.82, 2.24) is 14.8 Å². The molecule has 8 nitrogen and oxygen atoms in total. The van der Waals surface area contributed by atoms with Gasteiger partial charge in [0.25, 0.3) is 0 Å². The summed E-state index contributed by atoms with van der Waals surface area (Å²) in [6.45, 7) is 6.14. The van der Waals surface area contributed by atoms with Crippen molar-refractivity contribution < 1.29 is 14.7 Å². The van der Waals surface area contributed by atoms with Crippen LogP contribution < -0.4 is 10.6 Å². The van der Waals surface area contributed by atoms with Crippen LogP contribution >= 0.6 is 0 Å². The van der Waals surface area contributed by atoms with Gasteiger partial charge in [0.2, 0.25) is 5.91 Å². The Morgan fingerprint density at radius 2 is 1.73 bits per heavy atom. The van der Waals surface area contributed by atoms with Gasteiger partial charge in [-0.2, -0.15) is 0 Å². The molecule has 1 aromatic heterocycles. The molecule has 1 saturated carbocycles. The molecule has 2 aliphatic rings. The maximum absolute atomic E-state index is 13.0. The summed E-state index contributed by atoms with van der Waals surface area (Å²) in [4.78, 5) is 33.2. The van der Waals surface area contributed by atoms with Gasteiger partial charge in [-0.15, -0.1) is 0 Å².